The minimum Gasteiger partial charge on any atom is -0.478 e. The molecule has 0 saturated carbocycles. The van der Waals surface area contributed by atoms with Gasteiger partial charge < -0.3 is 10.4 Å². The molecule has 4 nitrogen and oxygen atoms in total. The first-order chi connectivity index (χ1) is 9.65. The van der Waals surface area contributed by atoms with Crippen molar-refractivity contribution in [2.24, 2.45) is 0 Å². The summed E-state index contributed by atoms with van der Waals surface area (Å²) in [5, 5.41) is 12.0. The van der Waals surface area contributed by atoms with Gasteiger partial charge in [-0.2, -0.15) is 0 Å². The Kier molecular flexibility index (Phi) is 3.10. The number of nitrogens with one attached hydrogen (secondary N) is 1. The number of carbonyl (C=O) groups is 1. The summed E-state index contributed by atoms with van der Waals surface area (Å²) in [5.41, 5.74) is 2.46. The number of aromatic nitrogens is 1. The third-order valence-electron chi connectivity index (χ3n) is 3.56. The number of aromatic carboxylic acids is 1. The molecule has 2 N–H and O–H groups in total. The lowest BCUT2D eigenvalue weighted by Gasteiger charge is -2.30. The summed E-state index contributed by atoms with van der Waals surface area (Å²) in [5.74, 6) is -1.28. The number of carboxylic acid groups (broad SMARTS) is 1. The molecule has 1 aliphatic rings. The van der Waals surface area contributed by atoms with Crippen LogP contribution in [0.5, 0.6) is 0 Å². The van der Waals surface area contributed by atoms with Crippen molar-refractivity contribution in [2.45, 2.75) is 12.3 Å². The highest BCUT2D eigenvalue weighted by atomic mass is 19.1. The zero-order chi connectivity index (χ0) is 14.1. The predicted octanol–water partition coefficient (Wildman–Crippen LogP) is 2.67. The highest BCUT2D eigenvalue weighted by molar-refractivity contribution is 5.93. The summed E-state index contributed by atoms with van der Waals surface area (Å²) >= 11 is 0. The summed E-state index contributed by atoms with van der Waals surface area (Å²) in [6.45, 7) is 0.593. The van der Waals surface area contributed by atoms with Gasteiger partial charge in [-0.25, -0.2) is 14.2 Å². The first-order valence-corrected chi connectivity index (χ1v) is 6.35. The van der Waals surface area contributed by atoms with Gasteiger partial charge in [0.2, 0.25) is 0 Å². The van der Waals surface area contributed by atoms with E-state index in [0.717, 1.165) is 18.7 Å². The van der Waals surface area contributed by atoms with E-state index in [1.807, 2.05) is 12.1 Å². The summed E-state index contributed by atoms with van der Waals surface area (Å²) in [7, 11) is 0. The molecule has 0 radical (unpaired) electrons. The van der Waals surface area contributed by atoms with E-state index in [-0.39, 0.29) is 11.4 Å². The van der Waals surface area contributed by atoms with Crippen LogP contribution in [-0.2, 0) is 6.42 Å². The van der Waals surface area contributed by atoms with Crippen LogP contribution in [0.4, 0.5) is 10.2 Å². The van der Waals surface area contributed by atoms with Gasteiger partial charge in [-0.15, -0.1) is 0 Å². The molecule has 1 heterocycles. The van der Waals surface area contributed by atoms with Crippen LogP contribution >= 0.6 is 0 Å². The van der Waals surface area contributed by atoms with E-state index in [1.54, 1.807) is 0 Å². The van der Waals surface area contributed by atoms with Gasteiger partial charge in [0.25, 0.3) is 0 Å². The molecule has 0 fully saturated rings. The third-order valence-corrected chi connectivity index (χ3v) is 3.56. The van der Waals surface area contributed by atoms with Crippen molar-refractivity contribution >= 4 is 11.8 Å². The van der Waals surface area contributed by atoms with Crippen LogP contribution in [-0.4, -0.2) is 22.6 Å². The maximum atomic E-state index is 13.0. The van der Waals surface area contributed by atoms with Crippen molar-refractivity contribution in [3.63, 3.8) is 0 Å². The number of rotatable bonds is 4. The van der Waals surface area contributed by atoms with E-state index in [0.29, 0.717) is 12.5 Å². The Morgan fingerprint density at radius 1 is 1.45 bits per heavy atom. The van der Waals surface area contributed by atoms with Crippen molar-refractivity contribution in [1.29, 1.82) is 0 Å². The van der Waals surface area contributed by atoms with E-state index in [1.165, 1.54) is 11.1 Å². The van der Waals surface area contributed by atoms with Crippen LogP contribution in [0.25, 0.3) is 0 Å². The van der Waals surface area contributed by atoms with E-state index in [4.69, 9.17) is 5.11 Å². The third kappa shape index (κ3) is 2.22. The predicted molar refractivity (Wildman–Crippen MR) is 72.5 cm³/mol. The summed E-state index contributed by atoms with van der Waals surface area (Å²) in [4.78, 5) is 14.9. The van der Waals surface area contributed by atoms with Gasteiger partial charge in [0.1, 0.15) is 17.2 Å². The van der Waals surface area contributed by atoms with E-state index < -0.39 is 11.8 Å². The van der Waals surface area contributed by atoms with Crippen molar-refractivity contribution in [3.05, 3.63) is 59.0 Å². The molecule has 1 atom stereocenters. The molecule has 5 heteroatoms. The second kappa shape index (κ2) is 4.92. The molecule has 0 saturated heterocycles. The first kappa shape index (κ1) is 12.6. The highest BCUT2D eigenvalue weighted by Gasteiger charge is 2.25. The Hall–Kier alpha value is -2.43. The SMILES string of the molecule is O=C(O)c1cc(F)cnc1NCC1Cc2ccccc21. The average Bonchev–Trinajstić information content (AvgIpc) is 2.41. The van der Waals surface area contributed by atoms with Crippen molar-refractivity contribution in [3.8, 4) is 0 Å². The maximum Gasteiger partial charge on any atom is 0.339 e. The zero-order valence-corrected chi connectivity index (χ0v) is 10.6. The molecular weight excluding hydrogens is 259 g/mol. The molecule has 2 aromatic rings. The van der Waals surface area contributed by atoms with Gasteiger partial charge >= 0.3 is 5.97 Å². The van der Waals surface area contributed by atoms with Gasteiger partial charge in [0.15, 0.2) is 0 Å². The van der Waals surface area contributed by atoms with Crippen LogP contribution in [0.2, 0.25) is 0 Å². The van der Waals surface area contributed by atoms with Crippen LogP contribution in [0, 0.1) is 5.82 Å². The standard InChI is InChI=1S/C15H13FN2O2/c16-11-6-13(15(19)20)14(18-8-11)17-7-10-5-9-3-1-2-4-12(9)10/h1-4,6,8,10H,5,7H2,(H,17,18)(H,19,20). The van der Waals surface area contributed by atoms with Gasteiger partial charge in [0, 0.05) is 12.5 Å². The molecule has 3 rings (SSSR count). The lowest BCUT2D eigenvalue weighted by molar-refractivity contribution is 0.0697. The Labute approximate surface area is 115 Å². The number of halogens is 1. The molecule has 102 valence electrons. The number of carboxylic acids is 1. The van der Waals surface area contributed by atoms with Crippen LogP contribution < -0.4 is 5.32 Å². The zero-order valence-electron chi connectivity index (χ0n) is 10.6. The monoisotopic (exact) mass is 272 g/mol. The minimum absolute atomic E-state index is 0.141. The summed E-state index contributed by atoms with van der Waals surface area (Å²) in [6.07, 6.45) is 1.98. The average molecular weight is 272 g/mol. The fourth-order valence-electron chi connectivity index (χ4n) is 2.51. The lowest BCUT2D eigenvalue weighted by atomic mass is 9.77. The van der Waals surface area contributed by atoms with Crippen molar-refractivity contribution in [1.82, 2.24) is 4.98 Å². The van der Waals surface area contributed by atoms with Gasteiger partial charge in [-0.05, 0) is 23.6 Å². The smallest absolute Gasteiger partial charge is 0.339 e. The number of benzene rings is 1. The number of pyridine rings is 1. The van der Waals surface area contributed by atoms with Gasteiger partial charge in [-0.1, -0.05) is 24.3 Å². The van der Waals surface area contributed by atoms with E-state index >= 15 is 0 Å². The molecule has 1 unspecified atom stereocenters. The fraction of sp³-hybridized carbons (Fsp3) is 0.200. The number of anilines is 1. The quantitative estimate of drug-likeness (QED) is 0.898. The molecule has 0 amide bonds. The lowest BCUT2D eigenvalue weighted by Crippen LogP contribution is -2.25. The number of fused-ring (bicyclic) bond motifs is 1. The molecule has 0 aliphatic heterocycles. The number of hydrogen-bond acceptors (Lipinski definition) is 3. The molecule has 1 aromatic heterocycles. The van der Waals surface area contributed by atoms with Gasteiger partial charge in [-0.3, -0.25) is 0 Å². The molecule has 0 spiro atoms. The Bertz CT molecular complexity index is 673. The molecule has 1 aromatic carbocycles. The van der Waals surface area contributed by atoms with E-state index in [2.05, 4.69) is 22.4 Å². The normalized spacial score (nSPS) is 16.1. The first-order valence-electron chi connectivity index (χ1n) is 6.35. The van der Waals surface area contributed by atoms with E-state index in [9.17, 15) is 9.18 Å². The number of hydrogen-bond donors (Lipinski definition) is 2. The molecular formula is C15H13FN2O2. The Morgan fingerprint density at radius 3 is 3.00 bits per heavy atom. The Morgan fingerprint density at radius 2 is 2.25 bits per heavy atom. The van der Waals surface area contributed by atoms with Crippen LogP contribution in [0.3, 0.4) is 0 Å². The summed E-state index contributed by atoms with van der Waals surface area (Å²) in [6, 6.07) is 9.13. The maximum absolute atomic E-state index is 13.0. The van der Waals surface area contributed by atoms with Crippen molar-refractivity contribution in [2.75, 3.05) is 11.9 Å². The topological polar surface area (TPSA) is 62.2 Å². The largest absolute Gasteiger partial charge is 0.478 e. The van der Waals surface area contributed by atoms with Gasteiger partial charge in [0.05, 0.1) is 6.20 Å². The highest BCUT2D eigenvalue weighted by Crippen LogP contribution is 2.34. The number of nitrogens with zero attached hydrogens (tertiary/aromatic N) is 1. The van der Waals surface area contributed by atoms with Crippen LogP contribution in [0.15, 0.2) is 36.5 Å². The van der Waals surface area contributed by atoms with Crippen molar-refractivity contribution < 1.29 is 14.3 Å². The molecule has 0 bridgehead atoms. The summed E-state index contributed by atoms with van der Waals surface area (Å²) < 4.78 is 13.0. The second-order valence-electron chi connectivity index (χ2n) is 4.84. The molecule has 1 aliphatic carbocycles. The Balaban J connectivity index is 1.73. The fourth-order valence-corrected chi connectivity index (χ4v) is 2.51. The second-order valence-corrected chi connectivity index (χ2v) is 4.84. The minimum atomic E-state index is -1.19. The molecule has 20 heavy (non-hydrogen) atoms. The van der Waals surface area contributed by atoms with Crippen LogP contribution in [0.1, 0.15) is 27.4 Å².